The number of amides is 1. The molecule has 0 radical (unpaired) electrons. The number of benzene rings is 2. The van der Waals surface area contributed by atoms with Gasteiger partial charge in [-0.25, -0.2) is 0 Å². The van der Waals surface area contributed by atoms with Crippen LogP contribution in [0, 0.1) is 0 Å². The summed E-state index contributed by atoms with van der Waals surface area (Å²) in [4.78, 5) is 17.1. The molecule has 1 saturated heterocycles. The molecular weight excluding hydrogens is 324 g/mol. The van der Waals surface area contributed by atoms with E-state index in [2.05, 4.69) is 45.4 Å². The van der Waals surface area contributed by atoms with Crippen LogP contribution in [-0.4, -0.2) is 55.0 Å². The molecule has 0 aliphatic carbocycles. The molecule has 2 aromatic carbocycles. The number of hydrogen-bond acceptors (Lipinski definition) is 4. The van der Waals surface area contributed by atoms with Crippen molar-refractivity contribution >= 4 is 5.91 Å². The largest absolute Gasteiger partial charge is 0.351 e. The van der Waals surface area contributed by atoms with E-state index in [-0.39, 0.29) is 5.91 Å². The van der Waals surface area contributed by atoms with E-state index in [1.807, 2.05) is 24.3 Å². The van der Waals surface area contributed by atoms with Crippen LogP contribution in [0.4, 0.5) is 0 Å². The molecule has 0 atom stereocenters. The van der Waals surface area contributed by atoms with Gasteiger partial charge >= 0.3 is 0 Å². The summed E-state index contributed by atoms with van der Waals surface area (Å²) in [6.45, 7) is 7.33. The van der Waals surface area contributed by atoms with E-state index in [0.717, 1.165) is 44.8 Å². The number of rotatable bonds is 7. The number of carbonyl (C=O) groups is 1. The third kappa shape index (κ3) is 5.39. The maximum absolute atomic E-state index is 12.2. The minimum absolute atomic E-state index is 0.0173. The number of hydrogen-bond donors (Lipinski definition) is 2. The highest BCUT2D eigenvalue weighted by Crippen LogP contribution is 2.08. The molecule has 1 fully saturated rings. The van der Waals surface area contributed by atoms with Gasteiger partial charge in [0, 0.05) is 57.9 Å². The summed E-state index contributed by atoms with van der Waals surface area (Å²) in [6, 6.07) is 18.1. The summed E-state index contributed by atoms with van der Waals surface area (Å²) in [5, 5.41) is 3.01. The zero-order valence-electron chi connectivity index (χ0n) is 15.2. The molecule has 0 bridgehead atoms. The number of carbonyl (C=O) groups excluding carboxylic acids is 1. The molecule has 0 unspecified atom stereocenters. The first-order chi connectivity index (χ1) is 12.7. The molecule has 0 aromatic heterocycles. The molecule has 26 heavy (non-hydrogen) atoms. The number of nitrogens with zero attached hydrogens (tertiary/aromatic N) is 2. The van der Waals surface area contributed by atoms with Gasteiger partial charge in [-0.2, -0.15) is 0 Å². The Morgan fingerprint density at radius 2 is 1.54 bits per heavy atom. The van der Waals surface area contributed by atoms with Gasteiger partial charge in [-0.05, 0) is 23.3 Å². The van der Waals surface area contributed by atoms with Gasteiger partial charge in [-0.1, -0.05) is 42.5 Å². The molecule has 5 nitrogen and oxygen atoms in total. The predicted octanol–water partition coefficient (Wildman–Crippen LogP) is 1.69. The van der Waals surface area contributed by atoms with Gasteiger partial charge in [0.05, 0.1) is 0 Å². The van der Waals surface area contributed by atoms with Crippen molar-refractivity contribution in [2.75, 3.05) is 39.3 Å². The van der Waals surface area contributed by atoms with Crippen molar-refractivity contribution in [3.63, 3.8) is 0 Å². The van der Waals surface area contributed by atoms with Crippen LogP contribution >= 0.6 is 0 Å². The topological polar surface area (TPSA) is 61.6 Å². The minimum atomic E-state index is -0.0173. The number of nitrogens with one attached hydrogen (secondary N) is 1. The van der Waals surface area contributed by atoms with Gasteiger partial charge in [0.2, 0.25) is 0 Å². The van der Waals surface area contributed by atoms with Gasteiger partial charge in [0.15, 0.2) is 0 Å². The molecule has 5 heteroatoms. The second-order valence-corrected chi connectivity index (χ2v) is 6.76. The Bertz CT molecular complexity index is 679. The average molecular weight is 352 g/mol. The molecule has 0 saturated carbocycles. The number of nitrogens with two attached hydrogens (primary N) is 1. The zero-order chi connectivity index (χ0) is 18.2. The first-order valence-electron chi connectivity index (χ1n) is 9.30. The van der Waals surface area contributed by atoms with Gasteiger partial charge in [0.1, 0.15) is 0 Å². The van der Waals surface area contributed by atoms with Crippen molar-refractivity contribution in [2.24, 2.45) is 5.73 Å². The summed E-state index contributed by atoms with van der Waals surface area (Å²) in [6.07, 6.45) is 0. The molecule has 1 amide bonds. The van der Waals surface area contributed by atoms with Crippen molar-refractivity contribution in [1.82, 2.24) is 15.1 Å². The summed E-state index contributed by atoms with van der Waals surface area (Å²) in [5.41, 5.74) is 8.68. The molecule has 2 aromatic rings. The van der Waals surface area contributed by atoms with Crippen molar-refractivity contribution in [3.8, 4) is 0 Å². The molecule has 138 valence electrons. The lowest BCUT2D eigenvalue weighted by atomic mass is 10.1. The SMILES string of the molecule is NCc1ccc(C(=O)NCCN2CCN(Cc3ccccc3)CC2)cc1. The normalized spacial score (nSPS) is 15.7. The molecule has 1 heterocycles. The van der Waals surface area contributed by atoms with E-state index in [1.54, 1.807) is 0 Å². The molecule has 3 rings (SSSR count). The fourth-order valence-corrected chi connectivity index (χ4v) is 3.23. The lowest BCUT2D eigenvalue weighted by Crippen LogP contribution is -2.48. The number of piperazine rings is 1. The molecule has 0 spiro atoms. The van der Waals surface area contributed by atoms with Crippen LogP contribution < -0.4 is 11.1 Å². The van der Waals surface area contributed by atoms with Crippen LogP contribution in [0.3, 0.4) is 0 Å². The van der Waals surface area contributed by atoms with E-state index < -0.39 is 0 Å². The Kier molecular flexibility index (Phi) is 6.77. The fourth-order valence-electron chi connectivity index (χ4n) is 3.23. The van der Waals surface area contributed by atoms with Gasteiger partial charge in [-0.15, -0.1) is 0 Å². The Morgan fingerprint density at radius 3 is 2.19 bits per heavy atom. The summed E-state index contributed by atoms with van der Waals surface area (Å²) in [7, 11) is 0. The van der Waals surface area contributed by atoms with Crippen molar-refractivity contribution in [1.29, 1.82) is 0 Å². The van der Waals surface area contributed by atoms with E-state index in [4.69, 9.17) is 5.73 Å². The van der Waals surface area contributed by atoms with Crippen LogP contribution in [0.25, 0.3) is 0 Å². The standard InChI is InChI=1S/C21H28N4O/c22-16-18-6-8-20(9-7-18)21(26)23-10-11-24-12-14-25(15-13-24)17-19-4-2-1-3-5-19/h1-9H,10-17,22H2,(H,23,26). The van der Waals surface area contributed by atoms with E-state index >= 15 is 0 Å². The van der Waals surface area contributed by atoms with Crippen LogP contribution in [0.15, 0.2) is 54.6 Å². The molecule has 1 aliphatic rings. The Labute approximate surface area is 155 Å². The molecule has 1 aliphatic heterocycles. The summed E-state index contributed by atoms with van der Waals surface area (Å²) >= 11 is 0. The predicted molar refractivity (Wildman–Crippen MR) is 105 cm³/mol. The summed E-state index contributed by atoms with van der Waals surface area (Å²) < 4.78 is 0. The monoisotopic (exact) mass is 352 g/mol. The van der Waals surface area contributed by atoms with E-state index in [0.29, 0.717) is 18.7 Å². The van der Waals surface area contributed by atoms with Crippen molar-refractivity contribution < 1.29 is 4.79 Å². The van der Waals surface area contributed by atoms with E-state index in [9.17, 15) is 4.79 Å². The highest BCUT2D eigenvalue weighted by Gasteiger charge is 2.16. The fraction of sp³-hybridized carbons (Fsp3) is 0.381. The van der Waals surface area contributed by atoms with E-state index in [1.165, 1.54) is 5.56 Å². The highest BCUT2D eigenvalue weighted by atomic mass is 16.1. The third-order valence-electron chi connectivity index (χ3n) is 4.88. The molecule has 3 N–H and O–H groups in total. The van der Waals surface area contributed by atoms with Gasteiger partial charge < -0.3 is 11.1 Å². The Morgan fingerprint density at radius 1 is 0.885 bits per heavy atom. The summed E-state index contributed by atoms with van der Waals surface area (Å²) in [5.74, 6) is -0.0173. The van der Waals surface area contributed by atoms with Crippen molar-refractivity contribution in [2.45, 2.75) is 13.1 Å². The second-order valence-electron chi connectivity index (χ2n) is 6.76. The van der Waals surface area contributed by atoms with Crippen LogP contribution in [-0.2, 0) is 13.1 Å². The Hall–Kier alpha value is -2.21. The lowest BCUT2D eigenvalue weighted by molar-refractivity contribution is 0.0934. The van der Waals surface area contributed by atoms with Crippen LogP contribution in [0.2, 0.25) is 0 Å². The quantitative estimate of drug-likeness (QED) is 0.796. The zero-order valence-corrected chi connectivity index (χ0v) is 15.2. The van der Waals surface area contributed by atoms with Crippen LogP contribution in [0.5, 0.6) is 0 Å². The lowest BCUT2D eigenvalue weighted by Gasteiger charge is -2.34. The highest BCUT2D eigenvalue weighted by molar-refractivity contribution is 5.94. The maximum atomic E-state index is 12.2. The first-order valence-corrected chi connectivity index (χ1v) is 9.30. The third-order valence-corrected chi connectivity index (χ3v) is 4.88. The molecular formula is C21H28N4O. The average Bonchev–Trinajstić information content (AvgIpc) is 2.70. The minimum Gasteiger partial charge on any atom is -0.351 e. The van der Waals surface area contributed by atoms with Gasteiger partial charge in [0.25, 0.3) is 5.91 Å². The van der Waals surface area contributed by atoms with Gasteiger partial charge in [-0.3, -0.25) is 14.6 Å². The smallest absolute Gasteiger partial charge is 0.251 e. The van der Waals surface area contributed by atoms with Crippen LogP contribution in [0.1, 0.15) is 21.5 Å². The van der Waals surface area contributed by atoms with Crippen molar-refractivity contribution in [3.05, 3.63) is 71.3 Å². The maximum Gasteiger partial charge on any atom is 0.251 e. The first kappa shape index (κ1) is 18.6. The second kappa shape index (κ2) is 9.48. The Balaban J connectivity index is 1.35.